The summed E-state index contributed by atoms with van der Waals surface area (Å²) >= 11 is 0. The predicted octanol–water partition coefficient (Wildman–Crippen LogP) is 5.00. The molecule has 0 aromatic carbocycles. The molecule has 2 nitrogen and oxygen atoms in total. The Morgan fingerprint density at radius 2 is 1.78 bits per heavy atom. The zero-order valence-electron chi connectivity index (χ0n) is 15.3. The second kappa shape index (κ2) is 5.58. The Balaban J connectivity index is 1.59. The number of hydrogen-bond donors (Lipinski definition) is 0. The third-order valence-corrected chi connectivity index (χ3v) is 8.76. The van der Waals surface area contributed by atoms with E-state index in [1.165, 1.54) is 38.5 Å². The molecule has 130 valence electrons. The first-order valence-corrected chi connectivity index (χ1v) is 10.1. The summed E-state index contributed by atoms with van der Waals surface area (Å²) in [6.07, 6.45) is 11.4. The molecule has 0 heterocycles. The number of Topliss-reactive ketones (excluding diaryl/α,β-unsaturated/α-hetero) is 1. The molecule has 0 radical (unpaired) electrons. The molecule has 4 fully saturated rings. The van der Waals surface area contributed by atoms with Gasteiger partial charge in [0.05, 0.1) is 6.10 Å². The molecule has 0 N–H and O–H groups in total. The van der Waals surface area contributed by atoms with Crippen LogP contribution in [0.5, 0.6) is 0 Å². The molecule has 0 aromatic rings. The third-order valence-electron chi connectivity index (χ3n) is 8.76. The van der Waals surface area contributed by atoms with E-state index in [9.17, 15) is 4.79 Å². The monoisotopic (exact) mass is 318 g/mol. The second-order valence-electron chi connectivity index (χ2n) is 9.47. The maximum absolute atomic E-state index is 12.0. The van der Waals surface area contributed by atoms with Gasteiger partial charge in [0.1, 0.15) is 5.78 Å². The van der Waals surface area contributed by atoms with Gasteiger partial charge in [-0.2, -0.15) is 0 Å². The van der Waals surface area contributed by atoms with Crippen LogP contribution in [0.1, 0.15) is 78.6 Å². The van der Waals surface area contributed by atoms with Gasteiger partial charge < -0.3 is 4.74 Å². The summed E-state index contributed by atoms with van der Waals surface area (Å²) in [6.45, 7) is 8.08. The van der Waals surface area contributed by atoms with E-state index in [4.69, 9.17) is 4.74 Å². The van der Waals surface area contributed by atoms with Crippen molar-refractivity contribution >= 4 is 5.78 Å². The average molecular weight is 319 g/mol. The highest BCUT2D eigenvalue weighted by Crippen LogP contribution is 2.66. The first kappa shape index (κ1) is 16.1. The van der Waals surface area contributed by atoms with E-state index in [2.05, 4.69) is 20.8 Å². The number of carbonyl (C=O) groups excluding carboxylic acids is 1. The Hall–Kier alpha value is -0.370. The molecule has 0 amide bonds. The molecular weight excluding hydrogens is 284 g/mol. The fourth-order valence-corrected chi connectivity index (χ4v) is 7.47. The lowest BCUT2D eigenvalue weighted by Crippen LogP contribution is -2.54. The first-order chi connectivity index (χ1) is 11.0. The maximum atomic E-state index is 12.0. The van der Waals surface area contributed by atoms with Gasteiger partial charge in [-0.25, -0.2) is 0 Å². The van der Waals surface area contributed by atoms with Crippen LogP contribution in [0.4, 0.5) is 0 Å². The number of ketones is 1. The number of rotatable bonds is 2. The fraction of sp³-hybridized carbons (Fsp3) is 0.952. The van der Waals surface area contributed by atoms with Crippen molar-refractivity contribution in [2.75, 3.05) is 6.61 Å². The van der Waals surface area contributed by atoms with Gasteiger partial charge in [0.2, 0.25) is 0 Å². The van der Waals surface area contributed by atoms with E-state index in [0.717, 1.165) is 43.6 Å². The lowest BCUT2D eigenvalue weighted by atomic mass is 9.45. The first-order valence-electron chi connectivity index (χ1n) is 10.1. The fourth-order valence-electron chi connectivity index (χ4n) is 7.47. The van der Waals surface area contributed by atoms with Crippen LogP contribution in [-0.2, 0) is 9.53 Å². The van der Waals surface area contributed by atoms with Crippen molar-refractivity contribution in [3.8, 4) is 0 Å². The standard InChI is InChI=1S/C21H34O2/c1-4-23-19-8-7-17-16-6-5-14-13-15(22)9-11-20(14,2)18(16)10-12-21(17,19)3/h14,16-19H,4-13H2,1-3H3/t14-,16?,17-,18?,19?,20?,21?/m0/s1. The zero-order chi connectivity index (χ0) is 16.2. The number of fused-ring (bicyclic) bond motifs is 5. The molecule has 0 saturated heterocycles. The van der Waals surface area contributed by atoms with Gasteiger partial charge in [-0.3, -0.25) is 4.79 Å². The van der Waals surface area contributed by atoms with Crippen molar-refractivity contribution in [3.05, 3.63) is 0 Å². The van der Waals surface area contributed by atoms with Crippen LogP contribution in [-0.4, -0.2) is 18.5 Å². The Labute approximate surface area is 141 Å². The largest absolute Gasteiger partial charge is 0.378 e. The SMILES string of the molecule is CCOC1CC[C@H]2C3CC[C@H]4CC(=O)CCC4(C)C3CCC12C. The maximum Gasteiger partial charge on any atom is 0.133 e. The summed E-state index contributed by atoms with van der Waals surface area (Å²) in [5.41, 5.74) is 0.868. The highest BCUT2D eigenvalue weighted by Gasteiger charge is 2.60. The molecule has 5 unspecified atom stereocenters. The van der Waals surface area contributed by atoms with Gasteiger partial charge in [-0.15, -0.1) is 0 Å². The van der Waals surface area contributed by atoms with Gasteiger partial charge in [-0.05, 0) is 86.4 Å². The molecule has 0 bridgehead atoms. The van der Waals surface area contributed by atoms with Crippen molar-refractivity contribution in [3.63, 3.8) is 0 Å². The van der Waals surface area contributed by atoms with Crippen LogP contribution in [0, 0.1) is 34.5 Å². The summed E-state index contributed by atoms with van der Waals surface area (Å²) in [6, 6.07) is 0. The van der Waals surface area contributed by atoms with E-state index >= 15 is 0 Å². The number of hydrogen-bond acceptors (Lipinski definition) is 2. The molecule has 2 heteroatoms. The van der Waals surface area contributed by atoms with Crippen molar-refractivity contribution in [1.29, 1.82) is 0 Å². The zero-order valence-corrected chi connectivity index (χ0v) is 15.3. The summed E-state index contributed by atoms with van der Waals surface area (Å²) in [5.74, 6) is 3.84. The molecule has 0 aromatic heterocycles. The molecule has 0 spiro atoms. The van der Waals surface area contributed by atoms with Crippen molar-refractivity contribution in [1.82, 2.24) is 0 Å². The molecule has 4 rings (SSSR count). The summed E-state index contributed by atoms with van der Waals surface area (Å²) in [7, 11) is 0. The minimum Gasteiger partial charge on any atom is -0.378 e. The Morgan fingerprint density at radius 1 is 1.00 bits per heavy atom. The van der Waals surface area contributed by atoms with Gasteiger partial charge in [0.25, 0.3) is 0 Å². The molecule has 7 atom stereocenters. The Morgan fingerprint density at radius 3 is 2.57 bits per heavy atom. The number of ether oxygens (including phenoxy) is 1. The second-order valence-corrected chi connectivity index (χ2v) is 9.47. The highest BCUT2D eigenvalue weighted by molar-refractivity contribution is 5.79. The highest BCUT2D eigenvalue weighted by atomic mass is 16.5. The lowest BCUT2D eigenvalue weighted by molar-refractivity contribution is -0.144. The molecule has 4 aliphatic carbocycles. The van der Waals surface area contributed by atoms with Crippen molar-refractivity contribution in [2.24, 2.45) is 34.5 Å². The molecule has 23 heavy (non-hydrogen) atoms. The Bertz CT molecular complexity index is 486. The minimum atomic E-state index is 0.421. The van der Waals surface area contributed by atoms with E-state index < -0.39 is 0 Å². The van der Waals surface area contributed by atoms with Crippen LogP contribution in [0.2, 0.25) is 0 Å². The molecule has 0 aliphatic heterocycles. The van der Waals surface area contributed by atoms with Crippen LogP contribution >= 0.6 is 0 Å². The molecule has 4 aliphatic rings. The van der Waals surface area contributed by atoms with Crippen LogP contribution < -0.4 is 0 Å². The van der Waals surface area contributed by atoms with Gasteiger partial charge in [0.15, 0.2) is 0 Å². The Kier molecular flexibility index (Phi) is 3.91. The third kappa shape index (κ3) is 2.27. The summed E-state index contributed by atoms with van der Waals surface area (Å²) in [4.78, 5) is 12.0. The normalized spacial score (nSPS) is 52.7. The van der Waals surface area contributed by atoms with E-state index in [0.29, 0.717) is 28.6 Å². The van der Waals surface area contributed by atoms with Crippen molar-refractivity contribution in [2.45, 2.75) is 84.7 Å². The average Bonchev–Trinajstić information content (AvgIpc) is 2.85. The predicted molar refractivity (Wildman–Crippen MR) is 92.1 cm³/mol. The molecular formula is C21H34O2. The van der Waals surface area contributed by atoms with Crippen molar-refractivity contribution < 1.29 is 9.53 Å². The van der Waals surface area contributed by atoms with E-state index in [1.807, 2.05) is 0 Å². The van der Waals surface area contributed by atoms with Crippen LogP contribution in [0.25, 0.3) is 0 Å². The summed E-state index contributed by atoms with van der Waals surface area (Å²) < 4.78 is 6.16. The molecule has 4 saturated carbocycles. The van der Waals surface area contributed by atoms with Gasteiger partial charge in [-0.1, -0.05) is 13.8 Å². The van der Waals surface area contributed by atoms with Crippen LogP contribution in [0.3, 0.4) is 0 Å². The summed E-state index contributed by atoms with van der Waals surface area (Å²) in [5, 5.41) is 0. The quantitative estimate of drug-likeness (QED) is 0.716. The lowest BCUT2D eigenvalue weighted by Gasteiger charge is -2.60. The van der Waals surface area contributed by atoms with Gasteiger partial charge >= 0.3 is 0 Å². The minimum absolute atomic E-state index is 0.421. The van der Waals surface area contributed by atoms with Gasteiger partial charge in [0, 0.05) is 19.4 Å². The number of carbonyl (C=O) groups is 1. The smallest absolute Gasteiger partial charge is 0.133 e. The topological polar surface area (TPSA) is 26.3 Å². The van der Waals surface area contributed by atoms with Crippen LogP contribution in [0.15, 0.2) is 0 Å². The van der Waals surface area contributed by atoms with E-state index in [-0.39, 0.29) is 0 Å². The van der Waals surface area contributed by atoms with E-state index in [1.54, 1.807) is 0 Å².